The van der Waals surface area contributed by atoms with Crippen LogP contribution in [0.3, 0.4) is 0 Å². The van der Waals surface area contributed by atoms with Crippen LogP contribution in [-0.2, 0) is 11.3 Å². The van der Waals surface area contributed by atoms with Crippen LogP contribution in [0.25, 0.3) is 0 Å². The first-order valence-corrected chi connectivity index (χ1v) is 7.97. The van der Waals surface area contributed by atoms with Gasteiger partial charge in [-0.1, -0.05) is 6.07 Å². The molecule has 0 aliphatic carbocycles. The molecule has 0 heterocycles. The minimum Gasteiger partial charge on any atom is -0.493 e. The predicted octanol–water partition coefficient (Wildman–Crippen LogP) is 3.25. The summed E-state index contributed by atoms with van der Waals surface area (Å²) < 4.78 is 23.2. The first kappa shape index (κ1) is 17.1. The Bertz CT molecular complexity index is 661. The fraction of sp³-hybridized carbons (Fsp3) is 0.235. The first-order chi connectivity index (χ1) is 11.1. The zero-order valence-electron chi connectivity index (χ0n) is 13.0. The summed E-state index contributed by atoms with van der Waals surface area (Å²) in [5, 5.41) is 2.84. The van der Waals surface area contributed by atoms with Gasteiger partial charge in [0.2, 0.25) is 5.91 Å². The van der Waals surface area contributed by atoms with Gasteiger partial charge < -0.3 is 14.8 Å². The molecule has 0 spiro atoms. The number of ether oxygens (including phenoxy) is 2. The van der Waals surface area contributed by atoms with Crippen molar-refractivity contribution in [2.75, 3.05) is 20.0 Å². The third-order valence-corrected chi connectivity index (χ3v) is 4.13. The summed E-state index contributed by atoms with van der Waals surface area (Å²) in [4.78, 5) is 12.7. The number of thioether (sulfide) groups is 1. The standard InChI is InChI=1S/C17H18FNO3S/c1-21-15-8-3-12(9-16(15)22-2)10-19-17(20)11-23-14-6-4-13(18)5-7-14/h3-9H,10-11H2,1-2H3,(H,19,20). The highest BCUT2D eigenvalue weighted by Gasteiger charge is 2.07. The Balaban J connectivity index is 1.83. The fourth-order valence-corrected chi connectivity index (χ4v) is 2.65. The monoisotopic (exact) mass is 335 g/mol. The van der Waals surface area contributed by atoms with Crippen molar-refractivity contribution in [2.24, 2.45) is 0 Å². The van der Waals surface area contributed by atoms with Crippen LogP contribution < -0.4 is 14.8 Å². The third-order valence-electron chi connectivity index (χ3n) is 3.12. The molecule has 23 heavy (non-hydrogen) atoms. The smallest absolute Gasteiger partial charge is 0.230 e. The van der Waals surface area contributed by atoms with Crippen LogP contribution >= 0.6 is 11.8 Å². The summed E-state index contributed by atoms with van der Waals surface area (Å²) in [5.41, 5.74) is 0.919. The molecule has 1 N–H and O–H groups in total. The van der Waals surface area contributed by atoms with Gasteiger partial charge in [-0.25, -0.2) is 4.39 Å². The van der Waals surface area contributed by atoms with Crippen molar-refractivity contribution in [3.63, 3.8) is 0 Å². The SMILES string of the molecule is COc1ccc(CNC(=O)CSc2ccc(F)cc2)cc1OC. The Morgan fingerprint density at radius 3 is 2.43 bits per heavy atom. The van der Waals surface area contributed by atoms with Gasteiger partial charge in [0.25, 0.3) is 0 Å². The van der Waals surface area contributed by atoms with Gasteiger partial charge in [-0.3, -0.25) is 4.79 Å². The molecule has 6 heteroatoms. The number of hydrogen-bond donors (Lipinski definition) is 1. The lowest BCUT2D eigenvalue weighted by Crippen LogP contribution is -2.24. The number of methoxy groups -OCH3 is 2. The van der Waals surface area contributed by atoms with Crippen LogP contribution in [0, 0.1) is 5.82 Å². The van der Waals surface area contributed by atoms with Crippen molar-refractivity contribution >= 4 is 17.7 Å². The molecular formula is C17H18FNO3S. The molecule has 1 amide bonds. The van der Waals surface area contributed by atoms with Crippen LogP contribution in [-0.4, -0.2) is 25.9 Å². The number of halogens is 1. The second kappa shape index (κ2) is 8.43. The molecule has 0 aliphatic rings. The van der Waals surface area contributed by atoms with E-state index < -0.39 is 0 Å². The van der Waals surface area contributed by atoms with Crippen LogP contribution in [0.2, 0.25) is 0 Å². The maximum atomic E-state index is 12.8. The maximum Gasteiger partial charge on any atom is 0.230 e. The quantitative estimate of drug-likeness (QED) is 0.789. The molecule has 0 aromatic heterocycles. The summed E-state index contributed by atoms with van der Waals surface area (Å²) in [6.45, 7) is 0.406. The maximum absolute atomic E-state index is 12.8. The van der Waals surface area contributed by atoms with E-state index in [1.165, 1.54) is 23.9 Å². The van der Waals surface area contributed by atoms with Crippen molar-refractivity contribution in [1.29, 1.82) is 0 Å². The topological polar surface area (TPSA) is 47.6 Å². The van der Waals surface area contributed by atoms with Gasteiger partial charge in [-0.2, -0.15) is 0 Å². The molecule has 0 radical (unpaired) electrons. The average Bonchev–Trinajstić information content (AvgIpc) is 2.59. The van der Waals surface area contributed by atoms with E-state index in [0.717, 1.165) is 10.5 Å². The summed E-state index contributed by atoms with van der Waals surface area (Å²) >= 11 is 1.36. The molecule has 0 fully saturated rings. The Morgan fingerprint density at radius 2 is 1.78 bits per heavy atom. The highest BCUT2D eigenvalue weighted by molar-refractivity contribution is 8.00. The second-order valence-electron chi connectivity index (χ2n) is 4.71. The van der Waals surface area contributed by atoms with Gasteiger partial charge >= 0.3 is 0 Å². The van der Waals surface area contributed by atoms with Crippen molar-refractivity contribution in [2.45, 2.75) is 11.4 Å². The Kier molecular flexibility index (Phi) is 6.29. The number of hydrogen-bond acceptors (Lipinski definition) is 4. The molecule has 0 saturated heterocycles. The second-order valence-corrected chi connectivity index (χ2v) is 5.76. The average molecular weight is 335 g/mol. The van der Waals surface area contributed by atoms with E-state index in [0.29, 0.717) is 18.0 Å². The normalized spacial score (nSPS) is 10.2. The van der Waals surface area contributed by atoms with Crippen molar-refractivity contribution in [1.82, 2.24) is 5.32 Å². The van der Waals surface area contributed by atoms with Gasteiger partial charge in [-0.15, -0.1) is 11.8 Å². The summed E-state index contributed by atoms with van der Waals surface area (Å²) in [7, 11) is 3.14. The van der Waals surface area contributed by atoms with Gasteiger partial charge in [0, 0.05) is 11.4 Å². The highest BCUT2D eigenvalue weighted by Crippen LogP contribution is 2.27. The Hall–Kier alpha value is -2.21. The first-order valence-electron chi connectivity index (χ1n) is 6.98. The van der Waals surface area contributed by atoms with E-state index in [2.05, 4.69) is 5.32 Å². The number of nitrogens with one attached hydrogen (secondary N) is 1. The number of carbonyl (C=O) groups excluding carboxylic acids is 1. The molecule has 2 aromatic rings. The third kappa shape index (κ3) is 5.17. The Labute approximate surface area is 139 Å². The van der Waals surface area contributed by atoms with E-state index in [4.69, 9.17) is 9.47 Å². The molecule has 122 valence electrons. The van der Waals surface area contributed by atoms with Crippen molar-refractivity contribution in [3.8, 4) is 11.5 Å². The van der Waals surface area contributed by atoms with E-state index >= 15 is 0 Å². The van der Waals surface area contributed by atoms with Gasteiger partial charge in [0.15, 0.2) is 11.5 Å². The zero-order chi connectivity index (χ0) is 16.7. The summed E-state index contributed by atoms with van der Waals surface area (Å²) in [6.07, 6.45) is 0. The van der Waals surface area contributed by atoms with Gasteiger partial charge in [-0.05, 0) is 42.0 Å². The minimum atomic E-state index is -0.285. The number of amides is 1. The van der Waals surface area contributed by atoms with E-state index in [-0.39, 0.29) is 17.5 Å². The van der Waals surface area contributed by atoms with E-state index in [1.54, 1.807) is 32.4 Å². The summed E-state index contributed by atoms with van der Waals surface area (Å²) in [6, 6.07) is 11.6. The number of carbonyl (C=O) groups is 1. The molecule has 0 saturated carbocycles. The molecule has 0 bridgehead atoms. The lowest BCUT2D eigenvalue weighted by Gasteiger charge is -2.10. The lowest BCUT2D eigenvalue weighted by atomic mass is 10.2. The molecule has 0 aliphatic heterocycles. The highest BCUT2D eigenvalue weighted by atomic mass is 32.2. The Morgan fingerprint density at radius 1 is 1.09 bits per heavy atom. The van der Waals surface area contributed by atoms with Crippen LogP contribution in [0.1, 0.15) is 5.56 Å². The number of rotatable bonds is 7. The lowest BCUT2D eigenvalue weighted by molar-refractivity contribution is -0.118. The zero-order valence-corrected chi connectivity index (χ0v) is 13.8. The van der Waals surface area contributed by atoms with Gasteiger partial charge in [0.05, 0.1) is 20.0 Å². The van der Waals surface area contributed by atoms with Crippen LogP contribution in [0.5, 0.6) is 11.5 Å². The molecule has 2 aromatic carbocycles. The predicted molar refractivity (Wildman–Crippen MR) is 88.5 cm³/mol. The molecule has 0 unspecified atom stereocenters. The van der Waals surface area contributed by atoms with Crippen LogP contribution in [0.15, 0.2) is 47.4 Å². The van der Waals surface area contributed by atoms with E-state index in [9.17, 15) is 9.18 Å². The van der Waals surface area contributed by atoms with Crippen molar-refractivity contribution in [3.05, 3.63) is 53.8 Å². The van der Waals surface area contributed by atoms with Gasteiger partial charge in [0.1, 0.15) is 5.82 Å². The van der Waals surface area contributed by atoms with Crippen molar-refractivity contribution < 1.29 is 18.7 Å². The largest absolute Gasteiger partial charge is 0.493 e. The minimum absolute atomic E-state index is 0.0888. The molecule has 2 rings (SSSR count). The molecule has 0 atom stereocenters. The fourth-order valence-electron chi connectivity index (χ4n) is 1.92. The van der Waals surface area contributed by atoms with Crippen LogP contribution in [0.4, 0.5) is 4.39 Å². The molecule has 4 nitrogen and oxygen atoms in total. The summed E-state index contributed by atoms with van der Waals surface area (Å²) in [5.74, 6) is 1.18. The number of benzene rings is 2. The molecular weight excluding hydrogens is 317 g/mol. The van der Waals surface area contributed by atoms with E-state index in [1.807, 2.05) is 12.1 Å².